The Labute approximate surface area is 112 Å². The molecule has 1 aromatic carbocycles. The predicted octanol–water partition coefficient (Wildman–Crippen LogP) is 1.39. The molecule has 0 unspecified atom stereocenters. The number of benzene rings is 1. The molecule has 1 amide bonds. The van der Waals surface area contributed by atoms with Gasteiger partial charge in [0.05, 0.1) is 23.3 Å². The number of carbonyl (C=O) groups is 1. The van der Waals surface area contributed by atoms with Crippen LogP contribution in [0.2, 0.25) is 0 Å². The molecular weight excluding hydrogens is 240 g/mol. The maximum atomic E-state index is 12.3. The molecule has 100 valence electrons. The van der Waals surface area contributed by atoms with E-state index in [1.807, 2.05) is 18.2 Å². The summed E-state index contributed by atoms with van der Waals surface area (Å²) in [5, 5.41) is 10.8. The van der Waals surface area contributed by atoms with Gasteiger partial charge in [-0.2, -0.15) is 5.10 Å². The van der Waals surface area contributed by atoms with Gasteiger partial charge in [0.2, 0.25) is 0 Å². The molecule has 5 heteroatoms. The van der Waals surface area contributed by atoms with Gasteiger partial charge in [-0.25, -0.2) is 0 Å². The van der Waals surface area contributed by atoms with Gasteiger partial charge < -0.3 is 5.32 Å². The van der Waals surface area contributed by atoms with E-state index in [2.05, 4.69) is 34.3 Å². The van der Waals surface area contributed by atoms with Crippen LogP contribution < -0.4 is 5.32 Å². The molecular formula is C14H18N4O. The van der Waals surface area contributed by atoms with Crippen molar-refractivity contribution in [3.8, 4) is 0 Å². The molecule has 19 heavy (non-hydrogen) atoms. The van der Waals surface area contributed by atoms with E-state index in [-0.39, 0.29) is 11.9 Å². The summed E-state index contributed by atoms with van der Waals surface area (Å²) in [5.74, 6) is -0.0135. The van der Waals surface area contributed by atoms with E-state index in [9.17, 15) is 4.79 Å². The van der Waals surface area contributed by atoms with Gasteiger partial charge in [0, 0.05) is 24.5 Å². The number of carbonyl (C=O) groups excluding carboxylic acids is 1. The third-order valence-corrected chi connectivity index (χ3v) is 3.70. The predicted molar refractivity (Wildman–Crippen MR) is 74.1 cm³/mol. The number of hydrogen-bond donors (Lipinski definition) is 2. The van der Waals surface area contributed by atoms with Gasteiger partial charge in [0.1, 0.15) is 0 Å². The molecule has 0 spiro atoms. The maximum absolute atomic E-state index is 12.3. The number of aromatic nitrogens is 2. The Balaban J connectivity index is 1.70. The van der Waals surface area contributed by atoms with Crippen molar-refractivity contribution < 1.29 is 4.79 Å². The Hall–Kier alpha value is -1.88. The first-order valence-corrected chi connectivity index (χ1v) is 6.62. The summed E-state index contributed by atoms with van der Waals surface area (Å²) >= 11 is 0. The van der Waals surface area contributed by atoms with Gasteiger partial charge in [0.15, 0.2) is 0 Å². The average Bonchev–Trinajstić information content (AvgIpc) is 2.80. The molecule has 2 heterocycles. The molecule has 1 aromatic heterocycles. The molecule has 0 bridgehead atoms. The van der Waals surface area contributed by atoms with Crippen LogP contribution in [0.5, 0.6) is 0 Å². The van der Waals surface area contributed by atoms with Crippen molar-refractivity contribution in [1.82, 2.24) is 20.4 Å². The van der Waals surface area contributed by atoms with Gasteiger partial charge in [-0.1, -0.05) is 6.07 Å². The Morgan fingerprint density at radius 1 is 1.47 bits per heavy atom. The summed E-state index contributed by atoms with van der Waals surface area (Å²) in [6, 6.07) is 6.44. The fraction of sp³-hybridized carbons (Fsp3) is 0.429. The van der Waals surface area contributed by atoms with Crippen molar-refractivity contribution in [3.05, 3.63) is 30.0 Å². The van der Waals surface area contributed by atoms with Crippen LogP contribution >= 0.6 is 0 Å². The number of fused-ring (bicyclic) bond motifs is 1. The van der Waals surface area contributed by atoms with Crippen LogP contribution in [-0.4, -0.2) is 46.2 Å². The van der Waals surface area contributed by atoms with Crippen LogP contribution in [0.4, 0.5) is 0 Å². The lowest BCUT2D eigenvalue weighted by Crippen LogP contribution is -2.61. The van der Waals surface area contributed by atoms with E-state index in [0.717, 1.165) is 24.0 Å². The summed E-state index contributed by atoms with van der Waals surface area (Å²) < 4.78 is 0. The lowest BCUT2D eigenvalue weighted by atomic mass is 10.0. The van der Waals surface area contributed by atoms with Crippen LogP contribution in [0, 0.1) is 0 Å². The van der Waals surface area contributed by atoms with Gasteiger partial charge in [-0.3, -0.25) is 14.8 Å². The first-order valence-electron chi connectivity index (χ1n) is 6.62. The smallest absolute Gasteiger partial charge is 0.252 e. The topological polar surface area (TPSA) is 61.0 Å². The molecule has 1 fully saturated rings. The minimum Gasteiger partial charge on any atom is -0.347 e. The monoisotopic (exact) mass is 258 g/mol. The number of H-pyrrole nitrogens is 1. The largest absolute Gasteiger partial charge is 0.347 e. The van der Waals surface area contributed by atoms with Crippen LogP contribution in [0.1, 0.15) is 24.2 Å². The van der Waals surface area contributed by atoms with Crippen molar-refractivity contribution in [2.45, 2.75) is 25.9 Å². The minimum absolute atomic E-state index is 0.0135. The third-order valence-electron chi connectivity index (χ3n) is 3.70. The molecule has 2 aromatic rings. The van der Waals surface area contributed by atoms with E-state index < -0.39 is 0 Å². The van der Waals surface area contributed by atoms with E-state index >= 15 is 0 Å². The summed E-state index contributed by atoms with van der Waals surface area (Å²) in [6.45, 7) is 6.21. The molecule has 5 nitrogen and oxygen atoms in total. The molecule has 0 aliphatic carbocycles. The van der Waals surface area contributed by atoms with Crippen LogP contribution in [0.25, 0.3) is 10.9 Å². The zero-order valence-electron chi connectivity index (χ0n) is 11.2. The number of hydrogen-bond acceptors (Lipinski definition) is 3. The highest BCUT2D eigenvalue weighted by Gasteiger charge is 2.29. The quantitative estimate of drug-likeness (QED) is 0.874. The highest BCUT2D eigenvalue weighted by atomic mass is 16.1. The normalized spacial score (nSPS) is 16.8. The van der Waals surface area contributed by atoms with E-state index in [0.29, 0.717) is 11.6 Å². The van der Waals surface area contributed by atoms with Crippen LogP contribution in [0.15, 0.2) is 24.4 Å². The van der Waals surface area contributed by atoms with E-state index in [1.165, 1.54) is 0 Å². The first kappa shape index (κ1) is 12.2. The van der Waals surface area contributed by atoms with Crippen molar-refractivity contribution in [2.24, 2.45) is 0 Å². The first-order chi connectivity index (χ1) is 9.15. The summed E-state index contributed by atoms with van der Waals surface area (Å²) in [7, 11) is 0. The second kappa shape index (κ2) is 4.66. The zero-order chi connectivity index (χ0) is 13.4. The van der Waals surface area contributed by atoms with Crippen molar-refractivity contribution in [1.29, 1.82) is 0 Å². The molecule has 1 saturated heterocycles. The molecule has 3 rings (SSSR count). The van der Waals surface area contributed by atoms with E-state index in [4.69, 9.17) is 0 Å². The Bertz CT molecular complexity index is 598. The SMILES string of the molecule is CC(C)N1CC(NC(=O)c2cccc3[nH]ncc23)C1. The lowest BCUT2D eigenvalue weighted by Gasteiger charge is -2.42. The molecule has 2 N–H and O–H groups in total. The highest BCUT2D eigenvalue weighted by molar-refractivity contribution is 6.06. The fourth-order valence-electron chi connectivity index (χ4n) is 2.45. The van der Waals surface area contributed by atoms with Gasteiger partial charge in [-0.15, -0.1) is 0 Å². The average molecular weight is 258 g/mol. The van der Waals surface area contributed by atoms with Crippen LogP contribution in [-0.2, 0) is 0 Å². The molecule has 0 saturated carbocycles. The number of likely N-dealkylation sites (tertiary alicyclic amines) is 1. The van der Waals surface area contributed by atoms with Crippen molar-refractivity contribution in [3.63, 3.8) is 0 Å². The second-order valence-electron chi connectivity index (χ2n) is 5.35. The number of nitrogens with one attached hydrogen (secondary N) is 2. The second-order valence-corrected chi connectivity index (χ2v) is 5.35. The zero-order valence-corrected chi connectivity index (χ0v) is 11.2. The Morgan fingerprint density at radius 3 is 3.00 bits per heavy atom. The van der Waals surface area contributed by atoms with E-state index in [1.54, 1.807) is 6.20 Å². The standard InChI is InChI=1S/C14H18N4O/c1-9(2)18-7-10(8-18)16-14(19)11-4-3-5-13-12(11)6-15-17-13/h3-6,9-10H,7-8H2,1-2H3,(H,15,17)(H,16,19). The molecule has 1 aliphatic heterocycles. The Morgan fingerprint density at radius 2 is 2.26 bits per heavy atom. The third kappa shape index (κ3) is 2.21. The number of rotatable bonds is 3. The van der Waals surface area contributed by atoms with Crippen LogP contribution in [0.3, 0.4) is 0 Å². The van der Waals surface area contributed by atoms with Crippen molar-refractivity contribution in [2.75, 3.05) is 13.1 Å². The fourth-order valence-corrected chi connectivity index (χ4v) is 2.45. The maximum Gasteiger partial charge on any atom is 0.252 e. The molecule has 1 aliphatic rings. The Kier molecular flexibility index (Phi) is 2.98. The molecule has 0 radical (unpaired) electrons. The number of nitrogens with zero attached hydrogens (tertiary/aromatic N) is 2. The number of aromatic amines is 1. The van der Waals surface area contributed by atoms with Gasteiger partial charge in [-0.05, 0) is 26.0 Å². The summed E-state index contributed by atoms with van der Waals surface area (Å²) in [6.07, 6.45) is 1.70. The van der Waals surface area contributed by atoms with Gasteiger partial charge in [0.25, 0.3) is 5.91 Å². The summed E-state index contributed by atoms with van der Waals surface area (Å²) in [5.41, 5.74) is 1.58. The molecule has 0 atom stereocenters. The summed E-state index contributed by atoms with van der Waals surface area (Å²) in [4.78, 5) is 14.6. The number of amides is 1. The highest BCUT2D eigenvalue weighted by Crippen LogP contribution is 2.17. The van der Waals surface area contributed by atoms with Crippen molar-refractivity contribution >= 4 is 16.8 Å². The lowest BCUT2D eigenvalue weighted by molar-refractivity contribution is 0.0715. The minimum atomic E-state index is -0.0135. The van der Waals surface area contributed by atoms with Gasteiger partial charge >= 0.3 is 0 Å².